The maximum absolute atomic E-state index is 14.0. The molecule has 3 rings (SSSR count). The SMILES string of the molecule is CC(C)OC(=O)N1CCC(O)CC1.N=C1CCN(c2cc(F)c(CNSN)cc2F)CC1. The molecular weight excluding hydrogens is 440 g/mol. The van der Waals surface area contributed by atoms with E-state index in [1.165, 1.54) is 12.1 Å². The molecule has 0 saturated carbocycles. The van der Waals surface area contributed by atoms with Gasteiger partial charge in [-0.1, -0.05) is 0 Å². The summed E-state index contributed by atoms with van der Waals surface area (Å²) in [5.74, 6) is -0.882. The van der Waals surface area contributed by atoms with Crippen LogP contribution in [0.2, 0.25) is 0 Å². The van der Waals surface area contributed by atoms with E-state index in [9.17, 15) is 18.7 Å². The van der Waals surface area contributed by atoms with Crippen LogP contribution in [0.25, 0.3) is 0 Å². The summed E-state index contributed by atoms with van der Waals surface area (Å²) in [4.78, 5) is 14.8. The lowest BCUT2D eigenvalue weighted by atomic mass is 10.1. The minimum absolute atomic E-state index is 0.0700. The highest BCUT2D eigenvalue weighted by Crippen LogP contribution is 2.25. The van der Waals surface area contributed by atoms with E-state index in [-0.39, 0.29) is 36.1 Å². The zero-order valence-corrected chi connectivity index (χ0v) is 19.4. The number of hydrogen-bond donors (Lipinski definition) is 4. The lowest BCUT2D eigenvalue weighted by Crippen LogP contribution is -2.41. The van der Waals surface area contributed by atoms with E-state index < -0.39 is 11.6 Å². The molecule has 1 amide bonds. The highest BCUT2D eigenvalue weighted by atomic mass is 32.2. The number of aliphatic hydroxyl groups excluding tert-OH is 1. The number of carbonyl (C=O) groups is 1. The van der Waals surface area contributed by atoms with Crippen LogP contribution in [-0.4, -0.2) is 60.2 Å². The molecule has 11 heteroatoms. The van der Waals surface area contributed by atoms with Crippen LogP contribution in [0.15, 0.2) is 12.1 Å². The number of rotatable bonds is 5. The average molecular weight is 474 g/mol. The van der Waals surface area contributed by atoms with Crippen LogP contribution < -0.4 is 14.8 Å². The molecule has 180 valence electrons. The molecule has 2 fully saturated rings. The normalized spacial score (nSPS) is 17.3. The summed E-state index contributed by atoms with van der Waals surface area (Å²) in [7, 11) is 0. The van der Waals surface area contributed by atoms with E-state index in [1.807, 2.05) is 13.8 Å². The molecular formula is C21H33F2N5O3S. The van der Waals surface area contributed by atoms with Crippen LogP contribution in [0, 0.1) is 17.0 Å². The van der Waals surface area contributed by atoms with Gasteiger partial charge in [-0.05, 0) is 32.8 Å². The fourth-order valence-corrected chi connectivity index (χ4v) is 3.66. The van der Waals surface area contributed by atoms with Crippen molar-refractivity contribution in [1.82, 2.24) is 9.62 Å². The van der Waals surface area contributed by atoms with Gasteiger partial charge in [-0.2, -0.15) is 0 Å². The van der Waals surface area contributed by atoms with Crippen LogP contribution in [0.1, 0.15) is 45.1 Å². The van der Waals surface area contributed by atoms with Crippen molar-refractivity contribution < 1.29 is 23.4 Å². The molecule has 2 saturated heterocycles. The number of likely N-dealkylation sites (tertiary alicyclic amines) is 1. The van der Waals surface area contributed by atoms with Crippen molar-refractivity contribution >= 4 is 29.6 Å². The zero-order chi connectivity index (χ0) is 23.7. The summed E-state index contributed by atoms with van der Waals surface area (Å²) in [5, 5.41) is 21.9. The number of aliphatic hydroxyl groups is 1. The van der Waals surface area contributed by atoms with Gasteiger partial charge in [-0.25, -0.2) is 18.3 Å². The summed E-state index contributed by atoms with van der Waals surface area (Å²) in [5.41, 5.74) is 1.19. The first kappa shape index (κ1) is 26.3. The first-order valence-corrected chi connectivity index (χ1v) is 11.6. The Morgan fingerprint density at radius 2 is 1.88 bits per heavy atom. The summed E-state index contributed by atoms with van der Waals surface area (Å²) in [6.07, 6.45) is 1.95. The number of nitrogens with two attached hydrogens (primary N) is 1. The fourth-order valence-electron chi connectivity index (χ4n) is 3.42. The Morgan fingerprint density at radius 1 is 1.25 bits per heavy atom. The number of nitrogens with zero attached hydrogens (tertiary/aromatic N) is 2. The third-order valence-electron chi connectivity index (χ3n) is 5.23. The van der Waals surface area contributed by atoms with Crippen molar-refractivity contribution in [3.05, 3.63) is 29.3 Å². The molecule has 2 aliphatic heterocycles. The van der Waals surface area contributed by atoms with Crippen molar-refractivity contribution in [3.63, 3.8) is 0 Å². The van der Waals surface area contributed by atoms with E-state index in [2.05, 4.69) is 4.72 Å². The standard InChI is InChI=1S/C12H16F2N4S.C9H17NO3/c13-10-6-12(18-3-1-9(15)2-4-18)11(14)5-8(10)7-17-19-16;1-7(2)13-9(12)10-5-3-8(11)4-6-10/h5-6,15,17H,1-4,7,16H2;7-8,11H,3-6H2,1-2H3. The topological polar surface area (TPSA) is 115 Å². The Labute approximate surface area is 192 Å². The Bertz CT molecular complexity index is 766. The second-order valence-corrected chi connectivity index (χ2v) is 8.60. The molecule has 8 nitrogen and oxygen atoms in total. The number of amides is 1. The first-order valence-electron chi connectivity index (χ1n) is 10.7. The third-order valence-corrected chi connectivity index (χ3v) is 5.54. The van der Waals surface area contributed by atoms with Crippen LogP contribution in [0.5, 0.6) is 0 Å². The predicted molar refractivity (Wildman–Crippen MR) is 123 cm³/mol. The second-order valence-electron chi connectivity index (χ2n) is 8.08. The number of anilines is 1. The van der Waals surface area contributed by atoms with Gasteiger partial charge in [0.15, 0.2) is 0 Å². The summed E-state index contributed by atoms with van der Waals surface area (Å²) >= 11 is 0.870. The van der Waals surface area contributed by atoms with Gasteiger partial charge in [-0.3, -0.25) is 5.14 Å². The largest absolute Gasteiger partial charge is 0.447 e. The molecule has 0 aromatic heterocycles. The smallest absolute Gasteiger partial charge is 0.410 e. The van der Waals surface area contributed by atoms with Gasteiger partial charge in [0.25, 0.3) is 0 Å². The molecule has 1 aromatic carbocycles. The lowest BCUT2D eigenvalue weighted by molar-refractivity contribution is 0.0457. The molecule has 1 aromatic rings. The molecule has 2 aliphatic rings. The second kappa shape index (κ2) is 12.9. The number of piperidine rings is 2. The Kier molecular flexibility index (Phi) is 10.6. The number of hydrogen-bond acceptors (Lipinski definition) is 8. The fraction of sp³-hybridized carbons (Fsp3) is 0.619. The predicted octanol–water partition coefficient (Wildman–Crippen LogP) is 3.18. The van der Waals surface area contributed by atoms with E-state index in [4.69, 9.17) is 15.3 Å². The van der Waals surface area contributed by atoms with E-state index in [1.54, 1.807) is 9.80 Å². The lowest BCUT2D eigenvalue weighted by Gasteiger charge is -2.29. The van der Waals surface area contributed by atoms with E-state index >= 15 is 0 Å². The quantitative estimate of drug-likeness (QED) is 0.486. The van der Waals surface area contributed by atoms with Gasteiger partial charge in [0.05, 0.1) is 17.9 Å². The van der Waals surface area contributed by atoms with Crippen molar-refractivity contribution in [1.29, 1.82) is 5.41 Å². The first-order chi connectivity index (χ1) is 15.2. The van der Waals surface area contributed by atoms with E-state index in [0.717, 1.165) is 12.1 Å². The molecule has 5 N–H and O–H groups in total. The van der Waals surface area contributed by atoms with Gasteiger partial charge in [-0.15, -0.1) is 0 Å². The van der Waals surface area contributed by atoms with Gasteiger partial charge < -0.3 is 25.1 Å². The number of ether oxygens (including phenoxy) is 1. The van der Waals surface area contributed by atoms with Gasteiger partial charge in [0.1, 0.15) is 11.6 Å². The Morgan fingerprint density at radius 3 is 2.44 bits per heavy atom. The molecule has 32 heavy (non-hydrogen) atoms. The highest BCUT2D eigenvalue weighted by molar-refractivity contribution is 7.95. The summed E-state index contributed by atoms with van der Waals surface area (Å²) in [6, 6.07) is 2.43. The Hall–Kier alpha value is -1.95. The summed E-state index contributed by atoms with van der Waals surface area (Å²) < 4.78 is 35.6. The van der Waals surface area contributed by atoms with Crippen LogP contribution in [0.3, 0.4) is 0 Å². The van der Waals surface area contributed by atoms with Crippen LogP contribution in [0.4, 0.5) is 19.3 Å². The van der Waals surface area contributed by atoms with Crippen molar-refractivity contribution in [3.8, 4) is 0 Å². The maximum atomic E-state index is 14.0. The number of benzene rings is 1. The molecule has 0 spiro atoms. The average Bonchev–Trinajstić information content (AvgIpc) is 2.75. The van der Waals surface area contributed by atoms with Crippen molar-refractivity contribution in [2.45, 2.75) is 58.3 Å². The zero-order valence-electron chi connectivity index (χ0n) is 18.6. The van der Waals surface area contributed by atoms with Crippen molar-refractivity contribution in [2.24, 2.45) is 5.14 Å². The molecule has 2 heterocycles. The van der Waals surface area contributed by atoms with Crippen LogP contribution in [-0.2, 0) is 11.3 Å². The molecule has 0 atom stereocenters. The third kappa shape index (κ3) is 8.19. The van der Waals surface area contributed by atoms with Gasteiger partial charge in [0.2, 0.25) is 0 Å². The number of halogens is 2. The minimum atomic E-state index is -0.446. The number of nitrogens with one attached hydrogen (secondary N) is 2. The minimum Gasteiger partial charge on any atom is -0.447 e. The number of carbonyl (C=O) groups excluding carboxylic acids is 1. The van der Waals surface area contributed by atoms with Gasteiger partial charge in [0, 0.05) is 75.0 Å². The van der Waals surface area contributed by atoms with Crippen molar-refractivity contribution in [2.75, 3.05) is 31.1 Å². The molecule has 0 aliphatic carbocycles. The van der Waals surface area contributed by atoms with Crippen LogP contribution >= 0.6 is 12.1 Å². The molecule has 0 radical (unpaired) electrons. The monoisotopic (exact) mass is 473 g/mol. The maximum Gasteiger partial charge on any atom is 0.410 e. The Balaban J connectivity index is 0.000000244. The van der Waals surface area contributed by atoms with E-state index in [0.29, 0.717) is 57.6 Å². The molecule has 0 unspecified atom stereocenters. The highest BCUT2D eigenvalue weighted by Gasteiger charge is 2.22. The molecule has 0 bridgehead atoms. The summed E-state index contributed by atoms with van der Waals surface area (Å²) in [6.45, 7) is 6.17. The van der Waals surface area contributed by atoms with Gasteiger partial charge >= 0.3 is 6.09 Å².